The Labute approximate surface area is 161 Å². The van der Waals surface area contributed by atoms with Crippen LogP contribution in [0.1, 0.15) is 37.2 Å². The molecule has 1 aliphatic heterocycles. The second-order valence-corrected chi connectivity index (χ2v) is 7.98. The molecule has 2 N–H and O–H groups in total. The molecule has 2 aromatic rings. The predicted molar refractivity (Wildman–Crippen MR) is 105 cm³/mol. The van der Waals surface area contributed by atoms with Crippen molar-refractivity contribution >= 4 is 0 Å². The van der Waals surface area contributed by atoms with Gasteiger partial charge < -0.3 is 5.11 Å². The van der Waals surface area contributed by atoms with E-state index in [1.54, 1.807) is 0 Å². The standard InChI is InChI=1S/C21H31FN4O/c1-16(2)11-19-12-20(24-23-19)14-25-8-9-26(21(15-25)7-10-27)13-17-3-5-18(22)6-4-17/h3-6,12,16,21,27H,7-11,13-15H2,1-2H3,(H,23,24). The maximum Gasteiger partial charge on any atom is 0.123 e. The van der Waals surface area contributed by atoms with Crippen molar-refractivity contribution in [1.82, 2.24) is 20.0 Å². The summed E-state index contributed by atoms with van der Waals surface area (Å²) < 4.78 is 13.1. The molecule has 1 aromatic heterocycles. The molecule has 0 radical (unpaired) electrons. The van der Waals surface area contributed by atoms with Crippen LogP contribution in [0.5, 0.6) is 0 Å². The van der Waals surface area contributed by atoms with E-state index in [4.69, 9.17) is 0 Å². The van der Waals surface area contributed by atoms with Crippen LogP contribution in [0.3, 0.4) is 0 Å². The smallest absolute Gasteiger partial charge is 0.123 e. The van der Waals surface area contributed by atoms with Crippen molar-refractivity contribution in [2.45, 2.75) is 45.8 Å². The average molecular weight is 375 g/mol. The maximum absolute atomic E-state index is 13.1. The molecule has 3 rings (SSSR count). The SMILES string of the molecule is CC(C)Cc1cc(CN2CCN(Cc3ccc(F)cc3)C(CCO)C2)[nH]n1. The van der Waals surface area contributed by atoms with Crippen molar-refractivity contribution in [3.05, 3.63) is 53.1 Å². The molecule has 0 saturated carbocycles. The van der Waals surface area contributed by atoms with E-state index >= 15 is 0 Å². The third kappa shape index (κ3) is 5.86. The molecular weight excluding hydrogens is 343 g/mol. The fraction of sp³-hybridized carbons (Fsp3) is 0.571. The van der Waals surface area contributed by atoms with Crippen molar-refractivity contribution in [2.24, 2.45) is 5.92 Å². The zero-order valence-corrected chi connectivity index (χ0v) is 16.4. The normalized spacial score (nSPS) is 19.1. The van der Waals surface area contributed by atoms with Gasteiger partial charge in [0.15, 0.2) is 0 Å². The monoisotopic (exact) mass is 374 g/mol. The van der Waals surface area contributed by atoms with E-state index in [-0.39, 0.29) is 12.4 Å². The summed E-state index contributed by atoms with van der Waals surface area (Å²) in [6.45, 7) is 9.07. The summed E-state index contributed by atoms with van der Waals surface area (Å²) in [5.74, 6) is 0.400. The molecule has 0 aliphatic carbocycles. The number of rotatable bonds is 8. The molecular formula is C21H31FN4O. The van der Waals surface area contributed by atoms with Crippen LogP contribution in [-0.2, 0) is 19.5 Å². The van der Waals surface area contributed by atoms with E-state index in [0.717, 1.165) is 62.5 Å². The van der Waals surface area contributed by atoms with E-state index in [9.17, 15) is 9.50 Å². The molecule has 1 fully saturated rings. The van der Waals surface area contributed by atoms with Crippen LogP contribution < -0.4 is 0 Å². The van der Waals surface area contributed by atoms with Gasteiger partial charge in [-0.25, -0.2) is 4.39 Å². The van der Waals surface area contributed by atoms with Gasteiger partial charge in [0, 0.05) is 51.1 Å². The minimum absolute atomic E-state index is 0.182. The first kappa shape index (κ1) is 20.0. The minimum atomic E-state index is -0.202. The van der Waals surface area contributed by atoms with Crippen LogP contribution in [0.4, 0.5) is 4.39 Å². The summed E-state index contributed by atoms with van der Waals surface area (Å²) in [5.41, 5.74) is 3.39. The molecule has 1 atom stereocenters. The molecule has 0 spiro atoms. The summed E-state index contributed by atoms with van der Waals surface area (Å²) in [7, 11) is 0. The summed E-state index contributed by atoms with van der Waals surface area (Å²) in [6.07, 6.45) is 1.74. The van der Waals surface area contributed by atoms with E-state index in [1.165, 1.54) is 12.1 Å². The van der Waals surface area contributed by atoms with Crippen molar-refractivity contribution in [2.75, 3.05) is 26.2 Å². The van der Waals surface area contributed by atoms with Gasteiger partial charge in [0.1, 0.15) is 5.82 Å². The Morgan fingerprint density at radius 1 is 1.22 bits per heavy atom. The Hall–Kier alpha value is -1.76. The fourth-order valence-corrected chi connectivity index (χ4v) is 3.81. The molecule has 0 amide bonds. The highest BCUT2D eigenvalue weighted by Crippen LogP contribution is 2.19. The summed E-state index contributed by atoms with van der Waals surface area (Å²) in [4.78, 5) is 4.82. The summed E-state index contributed by atoms with van der Waals surface area (Å²) in [5, 5.41) is 17.1. The van der Waals surface area contributed by atoms with Gasteiger partial charge in [-0.05, 0) is 42.5 Å². The summed E-state index contributed by atoms with van der Waals surface area (Å²) in [6, 6.07) is 9.19. The van der Waals surface area contributed by atoms with Crippen LogP contribution in [-0.4, -0.2) is 57.4 Å². The van der Waals surface area contributed by atoms with Gasteiger partial charge in [-0.1, -0.05) is 26.0 Å². The number of aromatic nitrogens is 2. The quantitative estimate of drug-likeness (QED) is 0.746. The number of nitrogens with one attached hydrogen (secondary N) is 1. The Balaban J connectivity index is 1.58. The van der Waals surface area contributed by atoms with E-state index in [0.29, 0.717) is 12.0 Å². The Kier molecular flexibility index (Phi) is 6.99. The first-order valence-corrected chi connectivity index (χ1v) is 9.88. The zero-order valence-electron chi connectivity index (χ0n) is 16.4. The number of H-pyrrole nitrogens is 1. The van der Waals surface area contributed by atoms with Crippen LogP contribution >= 0.6 is 0 Å². The number of benzene rings is 1. The van der Waals surface area contributed by atoms with E-state index in [1.807, 2.05) is 12.1 Å². The van der Waals surface area contributed by atoms with Crippen LogP contribution in [0, 0.1) is 11.7 Å². The summed E-state index contributed by atoms with van der Waals surface area (Å²) >= 11 is 0. The zero-order chi connectivity index (χ0) is 19.2. The van der Waals surface area contributed by atoms with Gasteiger partial charge in [0.05, 0.1) is 5.69 Å². The number of hydrogen-bond acceptors (Lipinski definition) is 4. The third-order valence-electron chi connectivity index (χ3n) is 5.15. The number of hydrogen-bond donors (Lipinski definition) is 2. The van der Waals surface area contributed by atoms with Gasteiger partial charge in [-0.2, -0.15) is 5.10 Å². The molecule has 5 nitrogen and oxygen atoms in total. The maximum atomic E-state index is 13.1. The molecule has 1 saturated heterocycles. The van der Waals surface area contributed by atoms with Crippen LogP contribution in [0.25, 0.3) is 0 Å². The van der Waals surface area contributed by atoms with Gasteiger partial charge in [0.25, 0.3) is 0 Å². The lowest BCUT2D eigenvalue weighted by molar-refractivity contribution is 0.0494. The van der Waals surface area contributed by atoms with Crippen molar-refractivity contribution in [3.8, 4) is 0 Å². The van der Waals surface area contributed by atoms with Crippen LogP contribution in [0.2, 0.25) is 0 Å². The number of halogens is 1. The van der Waals surface area contributed by atoms with Gasteiger partial charge in [-0.3, -0.25) is 14.9 Å². The Bertz CT molecular complexity index is 700. The van der Waals surface area contributed by atoms with Gasteiger partial charge in [0.2, 0.25) is 0 Å². The second-order valence-electron chi connectivity index (χ2n) is 7.98. The topological polar surface area (TPSA) is 55.4 Å². The van der Waals surface area contributed by atoms with Crippen molar-refractivity contribution in [1.29, 1.82) is 0 Å². The molecule has 27 heavy (non-hydrogen) atoms. The second kappa shape index (κ2) is 9.44. The molecule has 1 aliphatic rings. The average Bonchev–Trinajstić information content (AvgIpc) is 3.05. The highest BCUT2D eigenvalue weighted by molar-refractivity contribution is 5.16. The molecule has 0 bridgehead atoms. The molecule has 6 heteroatoms. The first-order chi connectivity index (χ1) is 13.0. The number of aliphatic hydroxyl groups is 1. The first-order valence-electron chi connectivity index (χ1n) is 9.88. The highest BCUT2D eigenvalue weighted by atomic mass is 19.1. The highest BCUT2D eigenvalue weighted by Gasteiger charge is 2.27. The Morgan fingerprint density at radius 3 is 2.70 bits per heavy atom. The fourth-order valence-electron chi connectivity index (χ4n) is 3.81. The third-order valence-corrected chi connectivity index (χ3v) is 5.15. The predicted octanol–water partition coefficient (Wildman–Crippen LogP) is 2.82. The molecule has 2 heterocycles. The molecule has 1 aromatic carbocycles. The van der Waals surface area contributed by atoms with E-state index in [2.05, 4.69) is 39.9 Å². The number of aromatic amines is 1. The lowest BCUT2D eigenvalue weighted by atomic mass is 10.1. The minimum Gasteiger partial charge on any atom is -0.396 e. The van der Waals surface area contributed by atoms with Crippen molar-refractivity contribution in [3.63, 3.8) is 0 Å². The van der Waals surface area contributed by atoms with Crippen LogP contribution in [0.15, 0.2) is 30.3 Å². The molecule has 1 unspecified atom stereocenters. The van der Waals surface area contributed by atoms with Gasteiger partial charge >= 0.3 is 0 Å². The largest absolute Gasteiger partial charge is 0.396 e. The lowest BCUT2D eigenvalue weighted by Gasteiger charge is -2.41. The van der Waals surface area contributed by atoms with Crippen molar-refractivity contribution < 1.29 is 9.50 Å². The van der Waals surface area contributed by atoms with Gasteiger partial charge in [-0.15, -0.1) is 0 Å². The number of piperazine rings is 1. The Morgan fingerprint density at radius 2 is 2.00 bits per heavy atom. The number of nitrogens with zero attached hydrogens (tertiary/aromatic N) is 3. The van der Waals surface area contributed by atoms with E-state index < -0.39 is 0 Å². The lowest BCUT2D eigenvalue weighted by Crippen LogP contribution is -2.52. The molecule has 148 valence electrons. The number of aliphatic hydroxyl groups excluding tert-OH is 1.